The van der Waals surface area contributed by atoms with Gasteiger partial charge < -0.3 is 4.74 Å². The summed E-state index contributed by atoms with van der Waals surface area (Å²) < 4.78 is 63.9. The van der Waals surface area contributed by atoms with E-state index in [0.717, 1.165) is 0 Å². The molecule has 0 amide bonds. The first-order valence-electron chi connectivity index (χ1n) is 6.23. The molecular formula is C11H8ClF3N2O. The zero-order chi connectivity index (χ0) is 15.8. The summed E-state index contributed by atoms with van der Waals surface area (Å²) in [5.41, 5.74) is 0. The van der Waals surface area contributed by atoms with Gasteiger partial charge in [-0.15, -0.1) is 5.10 Å². The van der Waals surface area contributed by atoms with Crippen molar-refractivity contribution in [1.29, 1.82) is 0 Å². The Kier molecular flexibility index (Phi) is 2.40. The van der Waals surface area contributed by atoms with Gasteiger partial charge in [-0.05, 0) is 25.1 Å². The Morgan fingerprint density at radius 1 is 1.44 bits per heavy atom. The van der Waals surface area contributed by atoms with Gasteiger partial charge in [-0.3, -0.25) is 0 Å². The number of halogens is 4. The maximum atomic E-state index is 12.8. The van der Waals surface area contributed by atoms with Crippen molar-refractivity contribution in [2.24, 2.45) is 0 Å². The number of fused-ring (bicyclic) bond motifs is 1. The lowest BCUT2D eigenvalue weighted by atomic mass is 10.2. The number of aromatic nitrogens is 2. The van der Waals surface area contributed by atoms with Crippen LogP contribution < -0.4 is 4.74 Å². The predicted octanol–water partition coefficient (Wildman–Crippen LogP) is 3.61. The van der Waals surface area contributed by atoms with E-state index in [2.05, 4.69) is 14.9 Å². The van der Waals surface area contributed by atoms with Crippen molar-refractivity contribution in [3.05, 3.63) is 29.4 Å². The highest BCUT2D eigenvalue weighted by molar-refractivity contribution is 6.31. The van der Waals surface area contributed by atoms with Crippen LogP contribution in [0.2, 0.25) is 5.02 Å². The van der Waals surface area contributed by atoms with E-state index in [1.54, 1.807) is 0 Å². The molecule has 1 aromatic carbocycles. The predicted molar refractivity (Wildman–Crippen MR) is 60.7 cm³/mol. The largest absolute Gasteiger partial charge is 0.463 e. The Morgan fingerprint density at radius 2 is 2.22 bits per heavy atom. The average molecular weight is 280 g/mol. The van der Waals surface area contributed by atoms with Gasteiger partial charge >= 0.3 is 6.18 Å². The second kappa shape index (κ2) is 4.61. The molecule has 1 aromatic heterocycles. The minimum absolute atomic E-state index is 0.188. The fourth-order valence-corrected chi connectivity index (χ4v) is 1.48. The van der Waals surface area contributed by atoms with E-state index < -0.39 is 25.0 Å². The SMILES string of the molecule is [2H]C([2H])([2H])C(Oc1nncc2cc(Cl)ccc12)C(F)(F)F. The van der Waals surface area contributed by atoms with Gasteiger partial charge in [0.2, 0.25) is 5.88 Å². The van der Waals surface area contributed by atoms with Crippen LogP contribution in [0, 0.1) is 0 Å². The normalized spacial score (nSPS) is 16.8. The Balaban J connectivity index is 2.47. The van der Waals surface area contributed by atoms with Crippen LogP contribution in [0.15, 0.2) is 24.4 Å². The van der Waals surface area contributed by atoms with Gasteiger partial charge in [0.1, 0.15) is 0 Å². The number of rotatable bonds is 2. The van der Waals surface area contributed by atoms with Crippen LogP contribution in [0.4, 0.5) is 13.2 Å². The molecule has 0 aliphatic heterocycles. The van der Waals surface area contributed by atoms with Crippen LogP contribution in [0.5, 0.6) is 5.88 Å². The maximum absolute atomic E-state index is 12.8. The second-order valence-electron chi connectivity index (χ2n) is 3.42. The molecule has 7 heteroatoms. The van der Waals surface area contributed by atoms with Gasteiger partial charge in [0.15, 0.2) is 6.10 Å². The molecule has 0 saturated heterocycles. The summed E-state index contributed by atoms with van der Waals surface area (Å²) in [6.07, 6.45) is -6.77. The molecule has 0 saturated carbocycles. The lowest BCUT2D eigenvalue weighted by molar-refractivity contribution is -0.189. The van der Waals surface area contributed by atoms with Crippen molar-refractivity contribution in [3.63, 3.8) is 0 Å². The Hall–Kier alpha value is -1.56. The first kappa shape index (κ1) is 9.38. The highest BCUT2D eigenvalue weighted by atomic mass is 35.5. The summed E-state index contributed by atoms with van der Waals surface area (Å²) in [5.74, 6) is -0.511. The zero-order valence-corrected chi connectivity index (χ0v) is 9.46. The Labute approximate surface area is 110 Å². The van der Waals surface area contributed by atoms with Gasteiger partial charge in [-0.25, -0.2) is 0 Å². The Bertz CT molecular complexity index is 649. The monoisotopic (exact) mass is 279 g/mol. The van der Waals surface area contributed by atoms with Crippen LogP contribution >= 0.6 is 11.6 Å². The van der Waals surface area contributed by atoms with Crippen LogP contribution in [-0.2, 0) is 0 Å². The quantitative estimate of drug-likeness (QED) is 0.842. The summed E-state index contributed by atoms with van der Waals surface area (Å²) >= 11 is 5.76. The molecule has 0 aliphatic carbocycles. The average Bonchev–Trinajstić information content (AvgIpc) is 2.32. The number of nitrogens with zero attached hydrogens (tertiary/aromatic N) is 2. The third-order valence-electron chi connectivity index (χ3n) is 2.12. The lowest BCUT2D eigenvalue weighted by Gasteiger charge is -2.17. The molecule has 1 heterocycles. The summed E-state index contributed by atoms with van der Waals surface area (Å²) in [4.78, 5) is 0. The number of hydrogen-bond donors (Lipinski definition) is 0. The highest BCUT2D eigenvalue weighted by Crippen LogP contribution is 2.29. The van der Waals surface area contributed by atoms with Crippen molar-refractivity contribution in [3.8, 4) is 5.88 Å². The fourth-order valence-electron chi connectivity index (χ4n) is 1.30. The smallest absolute Gasteiger partial charge is 0.425 e. The topological polar surface area (TPSA) is 35.0 Å². The van der Waals surface area contributed by atoms with Crippen molar-refractivity contribution >= 4 is 22.4 Å². The van der Waals surface area contributed by atoms with E-state index in [1.165, 1.54) is 24.4 Å². The summed E-state index contributed by atoms with van der Waals surface area (Å²) in [5, 5.41) is 7.85. The molecule has 0 spiro atoms. The molecule has 2 rings (SSSR count). The van der Waals surface area contributed by atoms with Crippen LogP contribution in [0.1, 0.15) is 11.0 Å². The molecule has 96 valence electrons. The van der Waals surface area contributed by atoms with Crippen LogP contribution in [0.3, 0.4) is 0 Å². The van der Waals surface area contributed by atoms with E-state index in [0.29, 0.717) is 10.4 Å². The molecule has 0 bridgehead atoms. The summed E-state index contributed by atoms with van der Waals surface area (Å²) in [7, 11) is 0. The molecule has 2 aromatic rings. The number of ether oxygens (including phenoxy) is 1. The molecule has 3 nitrogen and oxygen atoms in total. The third kappa shape index (κ3) is 2.64. The third-order valence-corrected chi connectivity index (χ3v) is 2.35. The van der Waals surface area contributed by atoms with Gasteiger partial charge in [0.25, 0.3) is 0 Å². The van der Waals surface area contributed by atoms with Crippen molar-refractivity contribution in [2.45, 2.75) is 19.1 Å². The van der Waals surface area contributed by atoms with Crippen molar-refractivity contribution in [2.75, 3.05) is 0 Å². The van der Waals surface area contributed by atoms with E-state index in [-0.39, 0.29) is 5.39 Å². The van der Waals surface area contributed by atoms with E-state index in [9.17, 15) is 13.2 Å². The number of benzene rings is 1. The van der Waals surface area contributed by atoms with E-state index in [4.69, 9.17) is 15.7 Å². The minimum atomic E-state index is -5.07. The number of hydrogen-bond acceptors (Lipinski definition) is 3. The van der Waals surface area contributed by atoms with Gasteiger partial charge in [0.05, 0.1) is 6.20 Å². The van der Waals surface area contributed by atoms with Crippen LogP contribution in [-0.4, -0.2) is 22.5 Å². The molecule has 1 unspecified atom stereocenters. The number of alkyl halides is 3. The standard InChI is InChI=1S/C11H8ClF3N2O/c1-6(11(13,14)15)18-10-9-3-2-8(12)4-7(9)5-16-17-10/h2-6H,1H3/i1D3. The first-order chi connectivity index (χ1) is 9.59. The molecular weight excluding hydrogens is 269 g/mol. The molecule has 18 heavy (non-hydrogen) atoms. The van der Waals surface area contributed by atoms with E-state index in [1.807, 2.05) is 0 Å². The fraction of sp³-hybridized carbons (Fsp3) is 0.273. The summed E-state index contributed by atoms with van der Waals surface area (Å²) in [6, 6.07) is 4.27. The minimum Gasteiger partial charge on any atom is -0.463 e. The molecule has 0 N–H and O–H groups in total. The van der Waals surface area contributed by atoms with Crippen molar-refractivity contribution < 1.29 is 22.0 Å². The second-order valence-corrected chi connectivity index (χ2v) is 3.86. The zero-order valence-electron chi connectivity index (χ0n) is 11.7. The van der Waals surface area contributed by atoms with Gasteiger partial charge in [0, 0.05) is 19.9 Å². The molecule has 0 aliphatic rings. The summed E-state index contributed by atoms with van der Waals surface area (Å²) in [6.45, 7) is -3.38. The van der Waals surface area contributed by atoms with Crippen molar-refractivity contribution in [1.82, 2.24) is 10.2 Å². The van der Waals surface area contributed by atoms with Crippen LogP contribution in [0.25, 0.3) is 10.8 Å². The maximum Gasteiger partial charge on any atom is 0.425 e. The lowest BCUT2D eigenvalue weighted by Crippen LogP contribution is -2.31. The molecule has 1 atom stereocenters. The molecule has 0 fully saturated rings. The van der Waals surface area contributed by atoms with Gasteiger partial charge in [-0.1, -0.05) is 11.6 Å². The first-order valence-corrected chi connectivity index (χ1v) is 5.11. The highest BCUT2D eigenvalue weighted by Gasteiger charge is 2.38. The Morgan fingerprint density at radius 3 is 2.89 bits per heavy atom. The van der Waals surface area contributed by atoms with Gasteiger partial charge in [-0.2, -0.15) is 18.3 Å². The molecule has 0 radical (unpaired) electrons. The van der Waals surface area contributed by atoms with E-state index >= 15 is 0 Å².